The molecule has 3 aromatic rings. The van der Waals surface area contributed by atoms with Crippen LogP contribution in [0.2, 0.25) is 10.2 Å². The van der Waals surface area contributed by atoms with E-state index in [0.717, 1.165) is 4.57 Å². The summed E-state index contributed by atoms with van der Waals surface area (Å²) in [7, 11) is 0. The van der Waals surface area contributed by atoms with Gasteiger partial charge in [-0.05, 0) is 51.1 Å². The maximum atomic E-state index is 13.6. The van der Waals surface area contributed by atoms with Gasteiger partial charge in [0.25, 0.3) is 6.43 Å². The number of aromatic nitrogens is 2. The van der Waals surface area contributed by atoms with E-state index in [2.05, 4.69) is 4.98 Å². The maximum Gasteiger partial charge on any atom is 0.420 e. The zero-order chi connectivity index (χ0) is 19.9. The van der Waals surface area contributed by atoms with Gasteiger partial charge in [0.05, 0.1) is 5.69 Å². The van der Waals surface area contributed by atoms with Crippen molar-refractivity contribution in [3.63, 3.8) is 0 Å². The Morgan fingerprint density at radius 1 is 1.15 bits per heavy atom. The molecule has 0 N–H and O–H groups in total. The van der Waals surface area contributed by atoms with Crippen molar-refractivity contribution in [2.24, 2.45) is 0 Å². The van der Waals surface area contributed by atoms with Gasteiger partial charge in [0, 0.05) is 21.5 Å². The molecule has 2 heterocycles. The van der Waals surface area contributed by atoms with E-state index < -0.39 is 18.1 Å². The average molecular weight is 413 g/mol. The lowest BCUT2D eigenvalue weighted by molar-refractivity contribution is 0.0546. The number of rotatable bonds is 2. The largest absolute Gasteiger partial charge is 0.443 e. The minimum Gasteiger partial charge on any atom is -0.443 e. The molecule has 0 bridgehead atoms. The van der Waals surface area contributed by atoms with Crippen LogP contribution in [-0.4, -0.2) is 21.2 Å². The van der Waals surface area contributed by atoms with Crippen molar-refractivity contribution >= 4 is 40.3 Å². The molecule has 27 heavy (non-hydrogen) atoms. The van der Waals surface area contributed by atoms with E-state index >= 15 is 0 Å². The molecule has 1 aromatic carbocycles. The predicted octanol–water partition coefficient (Wildman–Crippen LogP) is 6.73. The number of carbonyl (C=O) groups excluding carboxylic acids is 1. The third-order valence-corrected chi connectivity index (χ3v) is 4.16. The van der Waals surface area contributed by atoms with E-state index in [0.29, 0.717) is 5.39 Å². The predicted molar refractivity (Wildman–Crippen MR) is 102 cm³/mol. The molecule has 0 fully saturated rings. The number of hydrogen-bond donors (Lipinski definition) is 0. The number of nitrogens with zero attached hydrogens (tertiary/aromatic N) is 2. The zero-order valence-electron chi connectivity index (χ0n) is 14.8. The van der Waals surface area contributed by atoms with Crippen LogP contribution < -0.4 is 0 Å². The number of pyridine rings is 1. The van der Waals surface area contributed by atoms with Crippen molar-refractivity contribution in [2.75, 3.05) is 0 Å². The molecule has 0 aliphatic heterocycles. The van der Waals surface area contributed by atoms with Crippen LogP contribution in [0.1, 0.15) is 32.8 Å². The number of halogens is 4. The van der Waals surface area contributed by atoms with Gasteiger partial charge in [-0.15, -0.1) is 0 Å². The Labute approximate surface area is 164 Å². The van der Waals surface area contributed by atoms with E-state index in [4.69, 9.17) is 27.9 Å². The quantitative estimate of drug-likeness (QED) is 0.438. The molecular weight excluding hydrogens is 397 g/mol. The van der Waals surface area contributed by atoms with E-state index in [-0.39, 0.29) is 32.6 Å². The summed E-state index contributed by atoms with van der Waals surface area (Å²) in [6, 6.07) is 8.79. The van der Waals surface area contributed by atoms with Gasteiger partial charge < -0.3 is 4.74 Å². The average Bonchev–Trinajstić information content (AvgIpc) is 2.91. The molecule has 0 aliphatic carbocycles. The number of hydrogen-bond acceptors (Lipinski definition) is 3. The molecule has 0 atom stereocenters. The molecule has 0 unspecified atom stereocenters. The summed E-state index contributed by atoms with van der Waals surface area (Å²) in [5.74, 6) is 0. The van der Waals surface area contributed by atoms with Gasteiger partial charge >= 0.3 is 6.09 Å². The zero-order valence-corrected chi connectivity index (χ0v) is 16.3. The second-order valence-corrected chi connectivity index (χ2v) is 7.75. The first kappa shape index (κ1) is 19.6. The summed E-state index contributed by atoms with van der Waals surface area (Å²) in [6.45, 7) is 5.13. The lowest BCUT2D eigenvalue weighted by Crippen LogP contribution is -2.27. The number of fused-ring (bicyclic) bond motifs is 1. The molecule has 4 nitrogen and oxygen atoms in total. The number of benzene rings is 1. The van der Waals surface area contributed by atoms with Crippen LogP contribution in [0.5, 0.6) is 0 Å². The van der Waals surface area contributed by atoms with Gasteiger partial charge in [0.2, 0.25) is 0 Å². The number of carbonyl (C=O) groups is 1. The van der Waals surface area contributed by atoms with Crippen molar-refractivity contribution in [1.29, 1.82) is 0 Å². The van der Waals surface area contributed by atoms with Gasteiger partial charge in [-0.2, -0.15) is 0 Å². The van der Waals surface area contributed by atoms with Gasteiger partial charge in [0.1, 0.15) is 10.8 Å². The lowest BCUT2D eigenvalue weighted by atomic mass is 10.0. The molecule has 0 spiro atoms. The van der Waals surface area contributed by atoms with Crippen LogP contribution in [0.25, 0.3) is 22.3 Å². The molecule has 2 aromatic heterocycles. The monoisotopic (exact) mass is 412 g/mol. The highest BCUT2D eigenvalue weighted by molar-refractivity contribution is 6.31. The van der Waals surface area contributed by atoms with Crippen LogP contribution in [0, 0.1) is 0 Å². The van der Waals surface area contributed by atoms with Gasteiger partial charge in [-0.1, -0.05) is 29.3 Å². The van der Waals surface area contributed by atoms with E-state index in [1.807, 2.05) is 0 Å². The Morgan fingerprint density at radius 2 is 1.85 bits per heavy atom. The molecule has 0 amide bonds. The standard InChI is InChI=1S/C19H16Cl2F2N2O2/c1-19(2,3)27-18(26)25-14(8-10-4-7-15(21)24-17(10)25)13-9-11(20)5-6-12(13)16(22)23/h4-9,16H,1-3H3. The van der Waals surface area contributed by atoms with Crippen LogP contribution in [0.3, 0.4) is 0 Å². The normalized spacial score (nSPS) is 12.0. The topological polar surface area (TPSA) is 44.1 Å². The molecule has 8 heteroatoms. The SMILES string of the molecule is CC(C)(C)OC(=O)n1c(-c2cc(Cl)ccc2C(F)F)cc2ccc(Cl)nc21. The number of ether oxygens (including phenoxy) is 1. The fourth-order valence-corrected chi connectivity index (χ4v) is 3.00. The van der Waals surface area contributed by atoms with Crippen LogP contribution >= 0.6 is 23.2 Å². The minimum atomic E-state index is -2.75. The lowest BCUT2D eigenvalue weighted by Gasteiger charge is -2.21. The summed E-state index contributed by atoms with van der Waals surface area (Å²) < 4.78 is 33.7. The smallest absolute Gasteiger partial charge is 0.420 e. The number of alkyl halides is 2. The highest BCUT2D eigenvalue weighted by atomic mass is 35.5. The first-order valence-electron chi connectivity index (χ1n) is 8.06. The Bertz CT molecular complexity index is 1030. The maximum absolute atomic E-state index is 13.6. The third-order valence-electron chi connectivity index (χ3n) is 3.72. The summed E-state index contributed by atoms with van der Waals surface area (Å²) in [6.07, 6.45) is -3.50. The molecular formula is C19H16Cl2F2N2O2. The highest BCUT2D eigenvalue weighted by Gasteiger charge is 2.26. The van der Waals surface area contributed by atoms with E-state index in [1.54, 1.807) is 39.0 Å². The minimum absolute atomic E-state index is 0.123. The van der Waals surface area contributed by atoms with Crippen molar-refractivity contribution in [3.8, 4) is 11.3 Å². The van der Waals surface area contributed by atoms with E-state index in [9.17, 15) is 13.6 Å². The first-order valence-corrected chi connectivity index (χ1v) is 8.82. The Balaban J connectivity index is 2.32. The van der Waals surface area contributed by atoms with Crippen molar-refractivity contribution in [1.82, 2.24) is 9.55 Å². The summed E-state index contributed by atoms with van der Waals surface area (Å²) in [4.78, 5) is 17.0. The second kappa shape index (κ2) is 7.09. The Hall–Kier alpha value is -2.18. The molecule has 142 valence electrons. The summed E-state index contributed by atoms with van der Waals surface area (Å²) in [5, 5.41) is 0.985. The Kier molecular flexibility index (Phi) is 5.14. The fourth-order valence-electron chi connectivity index (χ4n) is 2.68. The van der Waals surface area contributed by atoms with Crippen molar-refractivity contribution in [2.45, 2.75) is 32.8 Å². The first-order chi connectivity index (χ1) is 12.6. The summed E-state index contributed by atoms with van der Waals surface area (Å²) >= 11 is 12.0. The third kappa shape index (κ3) is 4.06. The van der Waals surface area contributed by atoms with Crippen LogP contribution in [-0.2, 0) is 4.74 Å². The molecule has 0 saturated heterocycles. The highest BCUT2D eigenvalue weighted by Crippen LogP contribution is 2.36. The molecule has 0 radical (unpaired) electrons. The van der Waals surface area contributed by atoms with Crippen molar-refractivity contribution in [3.05, 3.63) is 52.1 Å². The van der Waals surface area contributed by atoms with Crippen molar-refractivity contribution < 1.29 is 18.3 Å². The van der Waals surface area contributed by atoms with Crippen LogP contribution in [0.4, 0.5) is 13.6 Å². The molecule has 3 rings (SSSR count). The summed E-state index contributed by atoms with van der Waals surface area (Å²) in [5.41, 5.74) is -0.502. The van der Waals surface area contributed by atoms with Gasteiger partial charge in [0.15, 0.2) is 5.65 Å². The van der Waals surface area contributed by atoms with E-state index in [1.165, 1.54) is 18.2 Å². The van der Waals surface area contributed by atoms with Crippen LogP contribution in [0.15, 0.2) is 36.4 Å². The van der Waals surface area contributed by atoms with Gasteiger partial charge in [-0.3, -0.25) is 0 Å². The van der Waals surface area contributed by atoms with Gasteiger partial charge in [-0.25, -0.2) is 23.1 Å². The molecule has 0 saturated carbocycles. The Morgan fingerprint density at radius 3 is 2.48 bits per heavy atom. The second-order valence-electron chi connectivity index (χ2n) is 6.92. The fraction of sp³-hybridized carbons (Fsp3) is 0.263. The molecule has 0 aliphatic rings.